The number of piperidine rings is 1. The van der Waals surface area contributed by atoms with Gasteiger partial charge in [0.15, 0.2) is 0 Å². The van der Waals surface area contributed by atoms with E-state index in [0.29, 0.717) is 13.1 Å². The summed E-state index contributed by atoms with van der Waals surface area (Å²) in [7, 11) is 0. The topological polar surface area (TPSA) is 38.8 Å². The van der Waals surface area contributed by atoms with E-state index in [9.17, 15) is 4.79 Å². The predicted octanol–water partition coefficient (Wildman–Crippen LogP) is 1.41. The van der Waals surface area contributed by atoms with Gasteiger partial charge in [0.1, 0.15) is 0 Å². The van der Waals surface area contributed by atoms with E-state index in [4.69, 9.17) is 0 Å². The van der Waals surface area contributed by atoms with Crippen molar-refractivity contribution in [2.45, 2.75) is 25.8 Å². The molecule has 2 aliphatic rings. The number of carbonyl (C=O) groups is 1. The summed E-state index contributed by atoms with van der Waals surface area (Å²) in [5.74, 6) is 0.130. The first-order valence-corrected chi connectivity index (χ1v) is 9.77. The second kappa shape index (κ2) is 9.90. The molecule has 1 N–H and O–H groups in total. The summed E-state index contributed by atoms with van der Waals surface area (Å²) in [4.78, 5) is 19.6. The second-order valence-electron chi connectivity index (χ2n) is 7.28. The molecule has 138 valence electrons. The lowest BCUT2D eigenvalue weighted by Gasteiger charge is -2.36. The van der Waals surface area contributed by atoms with Crippen LogP contribution in [0.1, 0.15) is 24.8 Å². The highest BCUT2D eigenvalue weighted by Crippen LogP contribution is 2.09. The SMILES string of the molecule is O=C(CN1CCN(CCN2CCCCC2)CC1)NCc1ccccc1. The van der Waals surface area contributed by atoms with Crippen molar-refractivity contribution in [3.63, 3.8) is 0 Å². The van der Waals surface area contributed by atoms with Crippen LogP contribution in [0.15, 0.2) is 30.3 Å². The number of piperazine rings is 1. The lowest BCUT2D eigenvalue weighted by Crippen LogP contribution is -2.51. The van der Waals surface area contributed by atoms with Crippen molar-refractivity contribution in [1.82, 2.24) is 20.0 Å². The molecule has 5 nitrogen and oxygen atoms in total. The zero-order valence-corrected chi connectivity index (χ0v) is 15.3. The van der Waals surface area contributed by atoms with Crippen LogP contribution in [-0.2, 0) is 11.3 Å². The fourth-order valence-corrected chi connectivity index (χ4v) is 3.69. The molecule has 0 unspecified atom stereocenters. The van der Waals surface area contributed by atoms with Gasteiger partial charge in [0.25, 0.3) is 0 Å². The van der Waals surface area contributed by atoms with Crippen molar-refractivity contribution in [1.29, 1.82) is 0 Å². The standard InChI is InChI=1S/C20H32N4O/c25-20(21-17-19-7-3-1-4-8-19)18-24-15-13-23(14-16-24)12-11-22-9-5-2-6-10-22/h1,3-4,7-8H,2,5-6,9-18H2,(H,21,25). The third kappa shape index (κ3) is 6.42. The fourth-order valence-electron chi connectivity index (χ4n) is 3.69. The molecule has 0 bridgehead atoms. The zero-order valence-electron chi connectivity index (χ0n) is 15.3. The first kappa shape index (κ1) is 18.4. The molecule has 2 heterocycles. The Morgan fingerprint density at radius 3 is 2.08 bits per heavy atom. The lowest BCUT2D eigenvalue weighted by atomic mass is 10.1. The molecule has 5 heteroatoms. The maximum absolute atomic E-state index is 12.1. The first-order valence-electron chi connectivity index (χ1n) is 9.77. The van der Waals surface area contributed by atoms with Crippen molar-refractivity contribution in [2.75, 3.05) is 58.9 Å². The molecule has 0 aliphatic carbocycles. The molecule has 2 aliphatic heterocycles. The van der Waals surface area contributed by atoms with Crippen molar-refractivity contribution in [2.24, 2.45) is 0 Å². The van der Waals surface area contributed by atoms with Crippen LogP contribution in [0.25, 0.3) is 0 Å². The minimum absolute atomic E-state index is 0.130. The maximum Gasteiger partial charge on any atom is 0.234 e. The van der Waals surface area contributed by atoms with Crippen LogP contribution in [0.3, 0.4) is 0 Å². The van der Waals surface area contributed by atoms with E-state index in [1.54, 1.807) is 0 Å². The number of amides is 1. The smallest absolute Gasteiger partial charge is 0.234 e. The molecule has 2 saturated heterocycles. The van der Waals surface area contributed by atoms with Gasteiger partial charge in [-0.25, -0.2) is 0 Å². The molecular weight excluding hydrogens is 312 g/mol. The number of hydrogen-bond donors (Lipinski definition) is 1. The van der Waals surface area contributed by atoms with Gasteiger partial charge in [-0.05, 0) is 31.5 Å². The van der Waals surface area contributed by atoms with Crippen LogP contribution in [0.5, 0.6) is 0 Å². The van der Waals surface area contributed by atoms with Gasteiger partial charge in [-0.15, -0.1) is 0 Å². The number of nitrogens with zero attached hydrogens (tertiary/aromatic N) is 3. The Morgan fingerprint density at radius 2 is 1.40 bits per heavy atom. The van der Waals surface area contributed by atoms with Crippen LogP contribution < -0.4 is 5.32 Å². The normalized spacial score (nSPS) is 20.5. The minimum Gasteiger partial charge on any atom is -0.351 e. The quantitative estimate of drug-likeness (QED) is 0.812. The Balaban J connectivity index is 1.28. The number of likely N-dealkylation sites (tertiary alicyclic amines) is 1. The van der Waals surface area contributed by atoms with E-state index in [2.05, 4.69) is 20.0 Å². The van der Waals surface area contributed by atoms with Crippen LogP contribution in [-0.4, -0.2) is 79.5 Å². The molecule has 25 heavy (non-hydrogen) atoms. The van der Waals surface area contributed by atoms with Gasteiger partial charge in [-0.1, -0.05) is 36.8 Å². The van der Waals surface area contributed by atoms with Gasteiger partial charge in [-0.2, -0.15) is 0 Å². The summed E-state index contributed by atoms with van der Waals surface area (Å²) in [5, 5.41) is 3.02. The van der Waals surface area contributed by atoms with E-state index in [1.165, 1.54) is 45.4 Å². The number of benzene rings is 1. The van der Waals surface area contributed by atoms with Crippen molar-refractivity contribution in [3.05, 3.63) is 35.9 Å². The van der Waals surface area contributed by atoms with E-state index >= 15 is 0 Å². The molecule has 1 amide bonds. The summed E-state index contributed by atoms with van der Waals surface area (Å²) in [6.07, 6.45) is 4.14. The van der Waals surface area contributed by atoms with Crippen LogP contribution in [0.2, 0.25) is 0 Å². The van der Waals surface area contributed by atoms with Gasteiger partial charge in [-0.3, -0.25) is 14.6 Å². The largest absolute Gasteiger partial charge is 0.351 e. The number of carbonyl (C=O) groups excluding carboxylic acids is 1. The molecular formula is C20H32N4O. The highest BCUT2D eigenvalue weighted by atomic mass is 16.2. The summed E-state index contributed by atoms with van der Waals surface area (Å²) in [6.45, 7) is 10.2. The average molecular weight is 345 g/mol. The van der Waals surface area contributed by atoms with Gasteiger partial charge in [0.05, 0.1) is 6.54 Å². The average Bonchev–Trinajstić information content (AvgIpc) is 2.67. The molecule has 0 spiro atoms. The molecule has 1 aromatic carbocycles. The van der Waals surface area contributed by atoms with Gasteiger partial charge >= 0.3 is 0 Å². The Bertz CT molecular complexity index is 508. The molecule has 0 atom stereocenters. The van der Waals surface area contributed by atoms with E-state index in [-0.39, 0.29) is 5.91 Å². The lowest BCUT2D eigenvalue weighted by molar-refractivity contribution is -0.122. The van der Waals surface area contributed by atoms with E-state index < -0.39 is 0 Å². The van der Waals surface area contributed by atoms with Crippen molar-refractivity contribution < 1.29 is 4.79 Å². The Labute approximate surface area is 152 Å². The summed E-state index contributed by atoms with van der Waals surface area (Å²) in [5.41, 5.74) is 1.15. The molecule has 0 saturated carbocycles. The van der Waals surface area contributed by atoms with Crippen LogP contribution in [0, 0.1) is 0 Å². The third-order valence-corrected chi connectivity index (χ3v) is 5.35. The summed E-state index contributed by atoms with van der Waals surface area (Å²) >= 11 is 0. The van der Waals surface area contributed by atoms with Gasteiger partial charge < -0.3 is 10.2 Å². The Morgan fingerprint density at radius 1 is 0.800 bits per heavy atom. The second-order valence-corrected chi connectivity index (χ2v) is 7.28. The molecule has 1 aromatic rings. The summed E-state index contributed by atoms with van der Waals surface area (Å²) < 4.78 is 0. The number of rotatable bonds is 7. The van der Waals surface area contributed by atoms with Gasteiger partial charge in [0, 0.05) is 45.8 Å². The first-order chi connectivity index (χ1) is 12.3. The van der Waals surface area contributed by atoms with E-state index in [0.717, 1.165) is 31.7 Å². The number of hydrogen-bond acceptors (Lipinski definition) is 4. The van der Waals surface area contributed by atoms with Crippen molar-refractivity contribution >= 4 is 5.91 Å². The van der Waals surface area contributed by atoms with Crippen molar-refractivity contribution in [3.8, 4) is 0 Å². The Hall–Kier alpha value is -1.43. The van der Waals surface area contributed by atoms with E-state index in [1.807, 2.05) is 30.3 Å². The highest BCUT2D eigenvalue weighted by Gasteiger charge is 2.19. The molecule has 3 rings (SSSR count). The Kier molecular flexibility index (Phi) is 7.27. The monoisotopic (exact) mass is 344 g/mol. The third-order valence-electron chi connectivity index (χ3n) is 5.35. The number of nitrogens with one attached hydrogen (secondary N) is 1. The fraction of sp³-hybridized carbons (Fsp3) is 0.650. The van der Waals surface area contributed by atoms with Crippen LogP contribution in [0.4, 0.5) is 0 Å². The maximum atomic E-state index is 12.1. The minimum atomic E-state index is 0.130. The predicted molar refractivity (Wildman–Crippen MR) is 101 cm³/mol. The molecule has 0 radical (unpaired) electrons. The highest BCUT2D eigenvalue weighted by molar-refractivity contribution is 5.78. The summed E-state index contributed by atoms with van der Waals surface area (Å²) in [6, 6.07) is 10.1. The van der Waals surface area contributed by atoms with Gasteiger partial charge in [0.2, 0.25) is 5.91 Å². The zero-order chi connectivity index (χ0) is 17.3. The molecule has 0 aromatic heterocycles. The van der Waals surface area contributed by atoms with Crippen LogP contribution >= 0.6 is 0 Å². The molecule has 2 fully saturated rings.